The highest BCUT2D eigenvalue weighted by atomic mass is 19.4. The molecular weight excluding hydrogens is 271 g/mol. The first kappa shape index (κ1) is 16.6. The zero-order valence-corrected chi connectivity index (χ0v) is 11.5. The standard InChI is InChI=1S/C14H20F3NO2/c1-2-9-18-10-5-6-11-19-12-7-3-4-8-13(12)20-14(15,16)17/h3-4,7-8,18H,2,5-6,9-11H2,1H3. The first-order chi connectivity index (χ1) is 9.53. The Hall–Kier alpha value is -1.43. The monoisotopic (exact) mass is 291 g/mol. The van der Waals surface area contributed by atoms with Crippen LogP contribution in [0, 0.1) is 0 Å². The maximum Gasteiger partial charge on any atom is 0.573 e. The van der Waals surface area contributed by atoms with Crippen molar-refractivity contribution in [1.82, 2.24) is 5.32 Å². The van der Waals surface area contributed by atoms with Crippen molar-refractivity contribution in [3.05, 3.63) is 24.3 Å². The minimum atomic E-state index is -4.70. The predicted octanol–water partition coefficient (Wildman–Crippen LogP) is 3.74. The molecule has 114 valence electrons. The molecule has 1 N–H and O–H groups in total. The molecule has 1 aromatic carbocycles. The molecule has 0 aliphatic rings. The Labute approximate surface area is 117 Å². The lowest BCUT2D eigenvalue weighted by atomic mass is 10.3. The summed E-state index contributed by atoms with van der Waals surface area (Å²) in [6, 6.07) is 5.80. The molecule has 0 atom stereocenters. The fraction of sp³-hybridized carbons (Fsp3) is 0.571. The normalized spacial score (nSPS) is 11.4. The average Bonchev–Trinajstić information content (AvgIpc) is 2.38. The lowest BCUT2D eigenvalue weighted by Gasteiger charge is -2.13. The van der Waals surface area contributed by atoms with E-state index in [0.29, 0.717) is 6.61 Å². The molecule has 0 radical (unpaired) electrons. The number of benzene rings is 1. The Balaban J connectivity index is 2.33. The summed E-state index contributed by atoms with van der Waals surface area (Å²) in [6.45, 7) is 4.32. The Morgan fingerprint density at radius 3 is 2.40 bits per heavy atom. The van der Waals surface area contributed by atoms with Gasteiger partial charge in [-0.1, -0.05) is 19.1 Å². The molecule has 0 aromatic heterocycles. The zero-order valence-electron chi connectivity index (χ0n) is 11.5. The minimum Gasteiger partial charge on any atom is -0.490 e. The predicted molar refractivity (Wildman–Crippen MR) is 71.0 cm³/mol. The van der Waals surface area contributed by atoms with Gasteiger partial charge in [-0.3, -0.25) is 0 Å². The van der Waals surface area contributed by atoms with E-state index in [0.717, 1.165) is 32.4 Å². The summed E-state index contributed by atoms with van der Waals surface area (Å²) in [5, 5.41) is 3.25. The molecule has 0 unspecified atom stereocenters. The van der Waals surface area contributed by atoms with E-state index in [4.69, 9.17) is 4.74 Å². The van der Waals surface area contributed by atoms with Crippen LogP contribution in [0.2, 0.25) is 0 Å². The zero-order chi connectivity index (χ0) is 14.8. The first-order valence-electron chi connectivity index (χ1n) is 6.71. The molecule has 0 bridgehead atoms. The molecule has 0 saturated heterocycles. The second kappa shape index (κ2) is 8.68. The third-order valence-corrected chi connectivity index (χ3v) is 2.51. The van der Waals surface area contributed by atoms with Crippen LogP contribution in [0.25, 0.3) is 0 Å². The van der Waals surface area contributed by atoms with E-state index in [9.17, 15) is 13.2 Å². The number of para-hydroxylation sites is 2. The summed E-state index contributed by atoms with van der Waals surface area (Å²) >= 11 is 0. The third kappa shape index (κ3) is 7.23. The van der Waals surface area contributed by atoms with Crippen LogP contribution in [-0.2, 0) is 0 Å². The van der Waals surface area contributed by atoms with Crippen molar-refractivity contribution < 1.29 is 22.6 Å². The van der Waals surface area contributed by atoms with Crippen LogP contribution in [0.15, 0.2) is 24.3 Å². The lowest BCUT2D eigenvalue weighted by molar-refractivity contribution is -0.275. The lowest BCUT2D eigenvalue weighted by Crippen LogP contribution is -2.18. The number of halogens is 3. The fourth-order valence-electron chi connectivity index (χ4n) is 1.61. The summed E-state index contributed by atoms with van der Waals surface area (Å²) < 4.78 is 45.8. The van der Waals surface area contributed by atoms with E-state index in [1.807, 2.05) is 0 Å². The summed E-state index contributed by atoms with van der Waals surface area (Å²) in [7, 11) is 0. The molecule has 0 aliphatic heterocycles. The van der Waals surface area contributed by atoms with Gasteiger partial charge in [0.15, 0.2) is 11.5 Å². The van der Waals surface area contributed by atoms with E-state index in [2.05, 4.69) is 17.0 Å². The molecule has 6 heteroatoms. The Morgan fingerprint density at radius 1 is 1.05 bits per heavy atom. The van der Waals surface area contributed by atoms with Crippen LogP contribution in [0.1, 0.15) is 26.2 Å². The molecule has 1 aromatic rings. The average molecular weight is 291 g/mol. The van der Waals surface area contributed by atoms with Crippen LogP contribution < -0.4 is 14.8 Å². The van der Waals surface area contributed by atoms with Gasteiger partial charge in [0.2, 0.25) is 0 Å². The number of alkyl halides is 3. The minimum absolute atomic E-state index is 0.117. The fourth-order valence-corrected chi connectivity index (χ4v) is 1.61. The van der Waals surface area contributed by atoms with Crippen LogP contribution >= 0.6 is 0 Å². The van der Waals surface area contributed by atoms with Gasteiger partial charge in [0, 0.05) is 0 Å². The molecule has 20 heavy (non-hydrogen) atoms. The Kier molecular flexibility index (Phi) is 7.22. The number of unbranched alkanes of at least 4 members (excludes halogenated alkanes) is 1. The summed E-state index contributed by atoms with van der Waals surface area (Å²) in [6.07, 6.45) is -1.93. The van der Waals surface area contributed by atoms with Gasteiger partial charge < -0.3 is 14.8 Å². The highest BCUT2D eigenvalue weighted by Crippen LogP contribution is 2.31. The first-order valence-corrected chi connectivity index (χ1v) is 6.71. The molecule has 0 heterocycles. The van der Waals surface area contributed by atoms with E-state index < -0.39 is 6.36 Å². The number of hydrogen-bond acceptors (Lipinski definition) is 3. The van der Waals surface area contributed by atoms with Crippen molar-refractivity contribution in [3.8, 4) is 11.5 Å². The highest BCUT2D eigenvalue weighted by molar-refractivity contribution is 5.39. The Morgan fingerprint density at radius 2 is 1.75 bits per heavy atom. The van der Waals surface area contributed by atoms with Crippen molar-refractivity contribution in [2.75, 3.05) is 19.7 Å². The van der Waals surface area contributed by atoms with Gasteiger partial charge in [0.1, 0.15) is 0 Å². The van der Waals surface area contributed by atoms with Crippen molar-refractivity contribution in [2.24, 2.45) is 0 Å². The van der Waals surface area contributed by atoms with Gasteiger partial charge >= 0.3 is 6.36 Å². The van der Waals surface area contributed by atoms with Gasteiger partial charge in [-0.25, -0.2) is 0 Å². The van der Waals surface area contributed by atoms with E-state index in [-0.39, 0.29) is 11.5 Å². The maximum absolute atomic E-state index is 12.2. The van der Waals surface area contributed by atoms with Crippen molar-refractivity contribution in [3.63, 3.8) is 0 Å². The van der Waals surface area contributed by atoms with Gasteiger partial charge in [-0.15, -0.1) is 13.2 Å². The molecule has 3 nitrogen and oxygen atoms in total. The van der Waals surface area contributed by atoms with Crippen molar-refractivity contribution >= 4 is 0 Å². The van der Waals surface area contributed by atoms with Gasteiger partial charge in [0.25, 0.3) is 0 Å². The second-order valence-corrected chi connectivity index (χ2v) is 4.30. The number of ether oxygens (including phenoxy) is 2. The quantitative estimate of drug-likeness (QED) is 0.703. The van der Waals surface area contributed by atoms with E-state index >= 15 is 0 Å². The SMILES string of the molecule is CCCNCCCCOc1ccccc1OC(F)(F)F. The smallest absolute Gasteiger partial charge is 0.490 e. The molecular formula is C14H20F3NO2. The van der Waals surface area contributed by atoms with Crippen LogP contribution in [0.4, 0.5) is 13.2 Å². The van der Waals surface area contributed by atoms with E-state index in [1.54, 1.807) is 6.07 Å². The largest absolute Gasteiger partial charge is 0.573 e. The molecule has 1 rings (SSSR count). The molecule has 0 amide bonds. The highest BCUT2D eigenvalue weighted by Gasteiger charge is 2.32. The second-order valence-electron chi connectivity index (χ2n) is 4.30. The van der Waals surface area contributed by atoms with Crippen molar-refractivity contribution in [1.29, 1.82) is 0 Å². The number of rotatable bonds is 9. The van der Waals surface area contributed by atoms with Crippen LogP contribution in [0.5, 0.6) is 11.5 Å². The van der Waals surface area contributed by atoms with E-state index in [1.165, 1.54) is 18.2 Å². The van der Waals surface area contributed by atoms with Crippen LogP contribution in [-0.4, -0.2) is 26.1 Å². The molecule has 0 aliphatic carbocycles. The number of nitrogens with one attached hydrogen (secondary N) is 1. The molecule has 0 spiro atoms. The van der Waals surface area contributed by atoms with Gasteiger partial charge in [-0.2, -0.15) is 0 Å². The summed E-state index contributed by atoms with van der Waals surface area (Å²) in [5.74, 6) is -0.185. The topological polar surface area (TPSA) is 30.5 Å². The molecule has 0 fully saturated rings. The van der Waals surface area contributed by atoms with Gasteiger partial charge in [0.05, 0.1) is 6.61 Å². The van der Waals surface area contributed by atoms with Gasteiger partial charge in [-0.05, 0) is 44.5 Å². The Bertz CT molecular complexity index is 383. The van der Waals surface area contributed by atoms with Crippen LogP contribution in [0.3, 0.4) is 0 Å². The third-order valence-electron chi connectivity index (χ3n) is 2.51. The number of hydrogen-bond donors (Lipinski definition) is 1. The maximum atomic E-state index is 12.2. The summed E-state index contributed by atoms with van der Waals surface area (Å²) in [4.78, 5) is 0. The van der Waals surface area contributed by atoms with Crippen molar-refractivity contribution in [2.45, 2.75) is 32.5 Å². The summed E-state index contributed by atoms with van der Waals surface area (Å²) in [5.41, 5.74) is 0. The molecule has 0 saturated carbocycles.